The number of amides is 2. The molecule has 3 N–H and O–H groups in total. The molecule has 1 fully saturated rings. The van der Waals surface area contributed by atoms with Crippen molar-refractivity contribution >= 4 is 29.9 Å². The number of rotatable bonds is 3. The molecule has 2 aliphatic rings. The number of nitrogens with two attached hydrogens (primary N) is 1. The zero-order chi connectivity index (χ0) is 13.5. The van der Waals surface area contributed by atoms with E-state index in [1.54, 1.807) is 4.90 Å². The standard InChI is InChI=1S/C14H17N3O2.ClH/c15-14(6-7-14)13(19)16-9-12(18)17-8-5-10-3-1-2-4-11(10)17;/h1-4H,5-9,15H2,(H,16,19);1H. The van der Waals surface area contributed by atoms with Gasteiger partial charge in [-0.15, -0.1) is 12.4 Å². The van der Waals surface area contributed by atoms with Crippen LogP contribution in [-0.2, 0) is 16.0 Å². The van der Waals surface area contributed by atoms with Crippen molar-refractivity contribution in [1.29, 1.82) is 0 Å². The van der Waals surface area contributed by atoms with Gasteiger partial charge in [-0.3, -0.25) is 9.59 Å². The lowest BCUT2D eigenvalue weighted by atomic mass is 10.2. The van der Waals surface area contributed by atoms with E-state index in [-0.39, 0.29) is 30.8 Å². The molecule has 1 aliphatic heterocycles. The van der Waals surface area contributed by atoms with Gasteiger partial charge < -0.3 is 16.0 Å². The highest BCUT2D eigenvalue weighted by Crippen LogP contribution is 2.32. The molecule has 1 saturated carbocycles. The third-order valence-electron chi connectivity index (χ3n) is 3.83. The average molecular weight is 296 g/mol. The first-order valence-corrected chi connectivity index (χ1v) is 6.56. The number of hydrogen-bond donors (Lipinski definition) is 2. The fraction of sp³-hybridized carbons (Fsp3) is 0.429. The van der Waals surface area contributed by atoms with Gasteiger partial charge in [0.1, 0.15) is 0 Å². The molecule has 2 amide bonds. The van der Waals surface area contributed by atoms with Crippen LogP contribution < -0.4 is 16.0 Å². The van der Waals surface area contributed by atoms with Crippen LogP contribution in [-0.4, -0.2) is 30.4 Å². The van der Waals surface area contributed by atoms with Crippen molar-refractivity contribution in [2.75, 3.05) is 18.0 Å². The Labute approximate surface area is 123 Å². The van der Waals surface area contributed by atoms with Crippen LogP contribution in [0.4, 0.5) is 5.69 Å². The van der Waals surface area contributed by atoms with E-state index in [0.717, 1.165) is 12.1 Å². The number of carbonyl (C=O) groups excluding carboxylic acids is 2. The van der Waals surface area contributed by atoms with E-state index in [4.69, 9.17) is 5.73 Å². The fourth-order valence-electron chi connectivity index (χ4n) is 2.39. The van der Waals surface area contributed by atoms with Crippen LogP contribution in [0.25, 0.3) is 0 Å². The van der Waals surface area contributed by atoms with E-state index in [0.29, 0.717) is 19.4 Å². The predicted octanol–water partition coefficient (Wildman–Crippen LogP) is 0.605. The maximum atomic E-state index is 12.1. The van der Waals surface area contributed by atoms with Crippen LogP contribution in [0.15, 0.2) is 24.3 Å². The summed E-state index contributed by atoms with van der Waals surface area (Å²) in [7, 11) is 0. The van der Waals surface area contributed by atoms with E-state index >= 15 is 0 Å². The summed E-state index contributed by atoms with van der Waals surface area (Å²) < 4.78 is 0. The Kier molecular flexibility index (Phi) is 4.01. The van der Waals surface area contributed by atoms with Crippen LogP contribution in [0, 0.1) is 0 Å². The molecular formula is C14H18ClN3O2. The smallest absolute Gasteiger partial charge is 0.246 e. The Balaban J connectivity index is 0.00000147. The summed E-state index contributed by atoms with van der Waals surface area (Å²) in [5.74, 6) is -0.295. The van der Waals surface area contributed by atoms with Crippen molar-refractivity contribution in [3.8, 4) is 0 Å². The molecule has 5 nitrogen and oxygen atoms in total. The molecule has 1 heterocycles. The van der Waals surface area contributed by atoms with Gasteiger partial charge in [-0.25, -0.2) is 0 Å². The first kappa shape index (κ1) is 14.8. The molecule has 1 aliphatic carbocycles. The molecule has 1 aromatic carbocycles. The summed E-state index contributed by atoms with van der Waals surface area (Å²) >= 11 is 0. The summed E-state index contributed by atoms with van der Waals surface area (Å²) in [6, 6.07) is 7.86. The summed E-state index contributed by atoms with van der Waals surface area (Å²) in [6.45, 7) is 0.702. The number of carbonyl (C=O) groups is 2. The van der Waals surface area contributed by atoms with Crippen molar-refractivity contribution in [3.63, 3.8) is 0 Å². The highest BCUT2D eigenvalue weighted by molar-refractivity contribution is 5.99. The molecule has 1 aromatic rings. The molecule has 0 spiro atoms. The quantitative estimate of drug-likeness (QED) is 0.858. The number of benzene rings is 1. The number of anilines is 1. The SMILES string of the molecule is Cl.NC1(C(=O)NCC(=O)N2CCc3ccccc32)CC1. The molecule has 0 radical (unpaired) electrons. The molecule has 0 bridgehead atoms. The lowest BCUT2D eigenvalue weighted by Gasteiger charge is -2.18. The van der Waals surface area contributed by atoms with E-state index in [2.05, 4.69) is 5.32 Å². The van der Waals surface area contributed by atoms with E-state index in [1.807, 2.05) is 24.3 Å². The van der Waals surface area contributed by atoms with Crippen LogP contribution in [0.1, 0.15) is 18.4 Å². The van der Waals surface area contributed by atoms with Gasteiger partial charge >= 0.3 is 0 Å². The number of nitrogens with zero attached hydrogens (tertiary/aromatic N) is 1. The Morgan fingerprint density at radius 1 is 1.30 bits per heavy atom. The highest BCUT2D eigenvalue weighted by atomic mass is 35.5. The Morgan fingerprint density at radius 2 is 2.00 bits per heavy atom. The van der Waals surface area contributed by atoms with Crippen molar-refractivity contribution < 1.29 is 9.59 Å². The Hall–Kier alpha value is -1.59. The van der Waals surface area contributed by atoms with Gasteiger partial charge in [0.05, 0.1) is 12.1 Å². The van der Waals surface area contributed by atoms with Crippen LogP contribution in [0.3, 0.4) is 0 Å². The topological polar surface area (TPSA) is 75.4 Å². The third-order valence-corrected chi connectivity index (χ3v) is 3.83. The molecule has 0 atom stereocenters. The molecule has 108 valence electrons. The molecule has 3 rings (SSSR count). The Bertz CT molecular complexity index is 543. The van der Waals surface area contributed by atoms with Crippen LogP contribution in [0.2, 0.25) is 0 Å². The number of halogens is 1. The van der Waals surface area contributed by atoms with E-state index in [9.17, 15) is 9.59 Å². The lowest BCUT2D eigenvalue weighted by Crippen LogP contribution is -2.47. The van der Waals surface area contributed by atoms with Crippen LogP contribution >= 0.6 is 12.4 Å². The Morgan fingerprint density at radius 3 is 2.70 bits per heavy atom. The van der Waals surface area contributed by atoms with E-state index in [1.165, 1.54) is 5.56 Å². The van der Waals surface area contributed by atoms with Gasteiger partial charge in [-0.1, -0.05) is 18.2 Å². The third kappa shape index (κ3) is 2.64. The minimum absolute atomic E-state index is 0. The van der Waals surface area contributed by atoms with Gasteiger partial charge in [0.2, 0.25) is 11.8 Å². The number of para-hydroxylation sites is 1. The summed E-state index contributed by atoms with van der Waals surface area (Å²) in [5, 5.41) is 2.64. The number of nitrogens with one attached hydrogen (secondary N) is 1. The van der Waals surface area contributed by atoms with Crippen molar-refractivity contribution in [3.05, 3.63) is 29.8 Å². The van der Waals surface area contributed by atoms with Crippen molar-refractivity contribution in [2.24, 2.45) is 5.73 Å². The number of hydrogen-bond acceptors (Lipinski definition) is 3. The van der Waals surface area contributed by atoms with Gasteiger partial charge in [-0.05, 0) is 30.9 Å². The second-order valence-electron chi connectivity index (χ2n) is 5.26. The summed E-state index contributed by atoms with van der Waals surface area (Å²) in [5.41, 5.74) is 7.18. The van der Waals surface area contributed by atoms with Gasteiger partial charge in [-0.2, -0.15) is 0 Å². The minimum atomic E-state index is -0.719. The molecule has 20 heavy (non-hydrogen) atoms. The summed E-state index contributed by atoms with van der Waals surface area (Å²) in [4.78, 5) is 25.5. The summed E-state index contributed by atoms with van der Waals surface area (Å²) in [6.07, 6.45) is 2.29. The van der Waals surface area contributed by atoms with E-state index < -0.39 is 5.54 Å². The molecule has 6 heteroatoms. The highest BCUT2D eigenvalue weighted by Gasteiger charge is 2.46. The van der Waals surface area contributed by atoms with Crippen molar-refractivity contribution in [2.45, 2.75) is 24.8 Å². The molecule has 0 unspecified atom stereocenters. The zero-order valence-electron chi connectivity index (χ0n) is 11.1. The predicted molar refractivity (Wildman–Crippen MR) is 78.9 cm³/mol. The fourth-order valence-corrected chi connectivity index (χ4v) is 2.39. The maximum Gasteiger partial charge on any atom is 0.246 e. The zero-order valence-corrected chi connectivity index (χ0v) is 11.9. The normalized spacial score (nSPS) is 17.9. The lowest BCUT2D eigenvalue weighted by molar-refractivity contribution is -0.126. The maximum absolute atomic E-state index is 12.1. The van der Waals surface area contributed by atoms with Gasteiger partial charge in [0.25, 0.3) is 0 Å². The monoisotopic (exact) mass is 295 g/mol. The largest absolute Gasteiger partial charge is 0.345 e. The number of fused-ring (bicyclic) bond motifs is 1. The minimum Gasteiger partial charge on any atom is -0.345 e. The van der Waals surface area contributed by atoms with Gasteiger partial charge in [0, 0.05) is 12.2 Å². The molecular weight excluding hydrogens is 278 g/mol. The molecule has 0 aromatic heterocycles. The molecule has 0 saturated heterocycles. The second-order valence-corrected chi connectivity index (χ2v) is 5.26. The second kappa shape index (κ2) is 5.42. The first-order chi connectivity index (χ1) is 9.10. The van der Waals surface area contributed by atoms with Crippen molar-refractivity contribution in [1.82, 2.24) is 5.32 Å². The average Bonchev–Trinajstić information content (AvgIpc) is 3.03. The first-order valence-electron chi connectivity index (χ1n) is 6.56. The van der Waals surface area contributed by atoms with Gasteiger partial charge in [0.15, 0.2) is 0 Å². The van der Waals surface area contributed by atoms with Crippen LogP contribution in [0.5, 0.6) is 0 Å².